The van der Waals surface area contributed by atoms with Crippen molar-refractivity contribution in [2.75, 3.05) is 39.4 Å². The molecule has 8 nitrogen and oxygen atoms in total. The zero-order valence-electron chi connectivity index (χ0n) is 21.5. The summed E-state index contributed by atoms with van der Waals surface area (Å²) in [6.45, 7) is 10.8. The lowest BCUT2D eigenvalue weighted by Gasteiger charge is -2.26. The second-order valence-electron chi connectivity index (χ2n) is 9.87. The van der Waals surface area contributed by atoms with Gasteiger partial charge in [0, 0.05) is 43.7 Å². The molecule has 4 unspecified atom stereocenters. The summed E-state index contributed by atoms with van der Waals surface area (Å²) in [5.74, 6) is 1.43. The molecule has 4 atom stereocenters. The van der Waals surface area contributed by atoms with Crippen LogP contribution in [-0.4, -0.2) is 73.9 Å². The Morgan fingerprint density at radius 3 is 1.34 bits per heavy atom. The topological polar surface area (TPSA) is 135 Å². The summed E-state index contributed by atoms with van der Waals surface area (Å²) in [6, 6.07) is 16.0. The molecule has 0 saturated heterocycles. The molecule has 0 spiro atoms. The van der Waals surface area contributed by atoms with Gasteiger partial charge in [0.2, 0.25) is 0 Å². The summed E-state index contributed by atoms with van der Waals surface area (Å²) < 4.78 is 11.5. The van der Waals surface area contributed by atoms with Crippen molar-refractivity contribution in [2.45, 2.75) is 57.4 Å². The summed E-state index contributed by atoms with van der Waals surface area (Å²) in [6.07, 6.45) is -1.20. The SMILES string of the molecule is CC(N)CNCC(O)COc1ccc(C(C)(C)c2ccc(OCC(O)CNCC(C)N)cc2)cc1. The van der Waals surface area contributed by atoms with Crippen molar-refractivity contribution in [3.63, 3.8) is 0 Å². The summed E-state index contributed by atoms with van der Waals surface area (Å²) in [7, 11) is 0. The maximum absolute atomic E-state index is 10.0. The van der Waals surface area contributed by atoms with E-state index in [0.717, 1.165) is 11.1 Å². The van der Waals surface area contributed by atoms with Crippen LogP contribution in [0.25, 0.3) is 0 Å². The highest BCUT2D eigenvalue weighted by atomic mass is 16.5. The van der Waals surface area contributed by atoms with E-state index in [1.807, 2.05) is 62.4 Å². The van der Waals surface area contributed by atoms with Crippen molar-refractivity contribution in [2.24, 2.45) is 11.5 Å². The van der Waals surface area contributed by atoms with Gasteiger partial charge in [0.1, 0.15) is 36.9 Å². The molecule has 0 amide bonds. The first-order valence-corrected chi connectivity index (χ1v) is 12.3. The smallest absolute Gasteiger partial charge is 0.119 e. The molecule has 0 bridgehead atoms. The number of ether oxygens (including phenoxy) is 2. The molecule has 0 aliphatic carbocycles. The molecule has 2 aromatic rings. The molecule has 0 aliphatic heterocycles. The molecule has 196 valence electrons. The fourth-order valence-corrected chi connectivity index (χ4v) is 3.56. The van der Waals surface area contributed by atoms with E-state index >= 15 is 0 Å². The summed E-state index contributed by atoms with van der Waals surface area (Å²) in [5.41, 5.74) is 13.5. The van der Waals surface area contributed by atoms with Crippen LogP contribution in [0.4, 0.5) is 0 Å². The highest BCUT2D eigenvalue weighted by Crippen LogP contribution is 2.33. The Balaban J connectivity index is 1.85. The van der Waals surface area contributed by atoms with Crippen LogP contribution >= 0.6 is 0 Å². The van der Waals surface area contributed by atoms with Gasteiger partial charge in [-0.25, -0.2) is 0 Å². The van der Waals surface area contributed by atoms with Crippen LogP contribution in [-0.2, 0) is 5.41 Å². The third kappa shape index (κ3) is 10.5. The van der Waals surface area contributed by atoms with Crippen LogP contribution < -0.4 is 31.6 Å². The van der Waals surface area contributed by atoms with Crippen molar-refractivity contribution in [3.05, 3.63) is 59.7 Å². The molecule has 0 aliphatic rings. The minimum atomic E-state index is -0.599. The van der Waals surface area contributed by atoms with Crippen molar-refractivity contribution >= 4 is 0 Å². The molecular formula is C27H44N4O4. The number of nitrogens with one attached hydrogen (secondary N) is 2. The fraction of sp³-hybridized carbons (Fsp3) is 0.556. The third-order valence-electron chi connectivity index (χ3n) is 5.73. The van der Waals surface area contributed by atoms with E-state index in [9.17, 15) is 10.2 Å². The fourth-order valence-electron chi connectivity index (χ4n) is 3.56. The Labute approximate surface area is 210 Å². The second-order valence-corrected chi connectivity index (χ2v) is 9.87. The first-order valence-electron chi connectivity index (χ1n) is 12.3. The van der Waals surface area contributed by atoms with Gasteiger partial charge in [-0.3, -0.25) is 0 Å². The predicted octanol–water partition coefficient (Wildman–Crippen LogP) is 1.37. The van der Waals surface area contributed by atoms with Gasteiger partial charge in [-0.2, -0.15) is 0 Å². The zero-order chi connectivity index (χ0) is 25.8. The van der Waals surface area contributed by atoms with Crippen LogP contribution in [0, 0.1) is 0 Å². The maximum atomic E-state index is 10.0. The summed E-state index contributed by atoms with van der Waals surface area (Å²) >= 11 is 0. The molecule has 8 N–H and O–H groups in total. The van der Waals surface area contributed by atoms with Gasteiger partial charge < -0.3 is 41.8 Å². The molecular weight excluding hydrogens is 444 g/mol. The Kier molecular flexibility index (Phi) is 11.9. The van der Waals surface area contributed by atoms with Crippen molar-refractivity contribution < 1.29 is 19.7 Å². The largest absolute Gasteiger partial charge is 0.491 e. The molecule has 2 aromatic carbocycles. The number of benzene rings is 2. The second kappa shape index (κ2) is 14.4. The molecule has 35 heavy (non-hydrogen) atoms. The number of aliphatic hydroxyl groups is 2. The van der Waals surface area contributed by atoms with Gasteiger partial charge in [-0.05, 0) is 49.2 Å². The first kappa shape index (κ1) is 29.0. The van der Waals surface area contributed by atoms with Crippen LogP contribution in [0.5, 0.6) is 11.5 Å². The molecule has 0 saturated carbocycles. The number of hydrogen-bond donors (Lipinski definition) is 6. The Hall–Kier alpha value is -2.20. The molecule has 8 heteroatoms. The predicted molar refractivity (Wildman–Crippen MR) is 141 cm³/mol. The van der Waals surface area contributed by atoms with Crippen molar-refractivity contribution in [1.29, 1.82) is 0 Å². The first-order chi connectivity index (χ1) is 16.6. The highest BCUT2D eigenvalue weighted by Gasteiger charge is 2.23. The van der Waals surface area contributed by atoms with Crippen LogP contribution in [0.3, 0.4) is 0 Å². The van der Waals surface area contributed by atoms with Gasteiger partial charge >= 0.3 is 0 Å². The van der Waals surface area contributed by atoms with E-state index in [2.05, 4.69) is 24.5 Å². The zero-order valence-corrected chi connectivity index (χ0v) is 21.5. The monoisotopic (exact) mass is 488 g/mol. The van der Waals surface area contributed by atoms with E-state index < -0.39 is 12.2 Å². The van der Waals surface area contributed by atoms with E-state index in [-0.39, 0.29) is 30.7 Å². The minimum absolute atomic E-state index is 0.0499. The average molecular weight is 489 g/mol. The van der Waals surface area contributed by atoms with Gasteiger partial charge in [0.05, 0.1) is 0 Å². The lowest BCUT2D eigenvalue weighted by molar-refractivity contribution is 0.106. The molecule has 0 heterocycles. The van der Waals surface area contributed by atoms with Gasteiger partial charge in [-0.15, -0.1) is 0 Å². The number of hydrogen-bond acceptors (Lipinski definition) is 8. The Morgan fingerprint density at radius 2 is 1.03 bits per heavy atom. The number of nitrogens with two attached hydrogens (primary N) is 2. The minimum Gasteiger partial charge on any atom is -0.491 e. The molecule has 0 aromatic heterocycles. The highest BCUT2D eigenvalue weighted by molar-refractivity contribution is 5.41. The number of aliphatic hydroxyl groups excluding tert-OH is 2. The Bertz CT molecular complexity index is 772. The summed E-state index contributed by atoms with van der Waals surface area (Å²) in [5, 5.41) is 26.3. The quantitative estimate of drug-likeness (QED) is 0.209. The normalized spacial score (nSPS) is 15.3. The van der Waals surface area contributed by atoms with Crippen molar-refractivity contribution in [1.82, 2.24) is 10.6 Å². The van der Waals surface area contributed by atoms with Gasteiger partial charge in [0.15, 0.2) is 0 Å². The molecule has 0 fully saturated rings. The van der Waals surface area contributed by atoms with Crippen molar-refractivity contribution in [3.8, 4) is 11.5 Å². The molecule has 0 radical (unpaired) electrons. The third-order valence-corrected chi connectivity index (χ3v) is 5.73. The number of rotatable bonds is 16. The standard InChI is InChI=1S/C27H44N4O4/c1-19(28)13-30-15-23(32)17-34-25-9-5-21(6-10-25)27(3,4)22-7-11-26(12-8-22)35-18-24(33)16-31-14-20(2)29/h5-12,19-20,23-24,30-33H,13-18,28-29H2,1-4H3. The van der Waals surface area contributed by atoms with E-state index in [1.165, 1.54) is 0 Å². The Morgan fingerprint density at radius 1 is 0.686 bits per heavy atom. The maximum Gasteiger partial charge on any atom is 0.119 e. The van der Waals surface area contributed by atoms with Gasteiger partial charge in [-0.1, -0.05) is 38.1 Å². The summed E-state index contributed by atoms with van der Waals surface area (Å²) in [4.78, 5) is 0. The van der Waals surface area contributed by atoms with Crippen LogP contribution in [0.2, 0.25) is 0 Å². The molecule has 2 rings (SSSR count). The van der Waals surface area contributed by atoms with E-state index in [4.69, 9.17) is 20.9 Å². The van der Waals surface area contributed by atoms with Gasteiger partial charge in [0.25, 0.3) is 0 Å². The lowest BCUT2D eigenvalue weighted by Crippen LogP contribution is -2.37. The van der Waals surface area contributed by atoms with Crippen LogP contribution in [0.15, 0.2) is 48.5 Å². The van der Waals surface area contributed by atoms with Crippen LogP contribution in [0.1, 0.15) is 38.8 Å². The van der Waals surface area contributed by atoms with E-state index in [1.54, 1.807) is 0 Å². The van der Waals surface area contributed by atoms with E-state index in [0.29, 0.717) is 37.7 Å². The average Bonchev–Trinajstić information content (AvgIpc) is 2.81. The lowest BCUT2D eigenvalue weighted by atomic mass is 9.78.